The van der Waals surface area contributed by atoms with Gasteiger partial charge in [0.15, 0.2) is 0 Å². The Morgan fingerprint density at radius 1 is 1.29 bits per heavy atom. The third-order valence-electron chi connectivity index (χ3n) is 2.32. The number of benzene rings is 1. The fraction of sp³-hybridized carbons (Fsp3) is 0.500. The van der Waals surface area contributed by atoms with Gasteiger partial charge in [-0.05, 0) is 24.0 Å². The highest BCUT2D eigenvalue weighted by Gasteiger charge is 2.14. The molecule has 1 unspecified atom stereocenters. The first-order valence-electron chi connectivity index (χ1n) is 5.00. The Bertz CT molecular complexity index is 283. The monoisotopic (exact) mass is 256 g/mol. The van der Waals surface area contributed by atoms with E-state index in [0.29, 0.717) is 5.92 Å². The summed E-state index contributed by atoms with van der Waals surface area (Å²) in [6.07, 6.45) is 1.03. The molecule has 0 fully saturated rings. The highest BCUT2D eigenvalue weighted by molar-refractivity contribution is 9.10. The molecule has 1 rings (SSSR count). The van der Waals surface area contributed by atoms with Crippen LogP contribution < -0.4 is 0 Å². The van der Waals surface area contributed by atoms with E-state index < -0.39 is 0 Å². The van der Waals surface area contributed by atoms with E-state index in [1.54, 1.807) is 0 Å². The summed E-state index contributed by atoms with van der Waals surface area (Å²) in [5.41, 5.74) is 1.21. The summed E-state index contributed by atoms with van der Waals surface area (Å²) in [6, 6.07) is 8.12. The van der Waals surface area contributed by atoms with Gasteiger partial charge in [-0.3, -0.25) is 0 Å². The van der Waals surface area contributed by atoms with Gasteiger partial charge in [-0.2, -0.15) is 0 Å². The molecule has 1 atom stereocenters. The van der Waals surface area contributed by atoms with Crippen LogP contribution in [0.4, 0.5) is 0 Å². The minimum absolute atomic E-state index is 0.223. The summed E-state index contributed by atoms with van der Waals surface area (Å²) in [7, 11) is 0. The molecular formula is C12H17BrO. The lowest BCUT2D eigenvalue weighted by Gasteiger charge is -2.18. The molecular weight excluding hydrogens is 240 g/mol. The van der Waals surface area contributed by atoms with Crippen molar-refractivity contribution >= 4 is 15.9 Å². The molecule has 0 heterocycles. The molecule has 0 saturated heterocycles. The number of aliphatic hydroxyl groups is 1. The summed E-state index contributed by atoms with van der Waals surface area (Å²) in [4.78, 5) is 0. The fourth-order valence-electron chi connectivity index (χ4n) is 1.68. The zero-order valence-electron chi connectivity index (χ0n) is 8.70. The Hall–Kier alpha value is -0.340. The number of halogens is 1. The summed E-state index contributed by atoms with van der Waals surface area (Å²) in [5.74, 6) is 0.866. The molecule has 0 aromatic heterocycles. The Balaban J connectivity index is 2.83. The lowest BCUT2D eigenvalue weighted by Crippen LogP contribution is -2.08. The summed E-state index contributed by atoms with van der Waals surface area (Å²) >= 11 is 3.52. The molecule has 0 amide bonds. The van der Waals surface area contributed by atoms with Crippen LogP contribution in [-0.2, 0) is 0 Å². The lowest BCUT2D eigenvalue weighted by molar-refractivity contribution is 0.248. The Kier molecular flexibility index (Phi) is 4.63. The van der Waals surface area contributed by atoms with Crippen molar-refractivity contribution in [3.8, 4) is 0 Å². The van der Waals surface area contributed by atoms with Crippen LogP contribution in [0.15, 0.2) is 28.7 Å². The minimum atomic E-state index is 0.223. The Labute approximate surface area is 94.3 Å². The van der Waals surface area contributed by atoms with Crippen LogP contribution in [0, 0.1) is 5.92 Å². The average molecular weight is 257 g/mol. The van der Waals surface area contributed by atoms with Crippen molar-refractivity contribution in [1.29, 1.82) is 0 Å². The van der Waals surface area contributed by atoms with Crippen LogP contribution in [-0.4, -0.2) is 11.7 Å². The maximum atomic E-state index is 9.33. The number of hydrogen-bond acceptors (Lipinski definition) is 1. The van der Waals surface area contributed by atoms with Crippen molar-refractivity contribution in [3.63, 3.8) is 0 Å². The number of aliphatic hydroxyl groups excluding tert-OH is 1. The van der Waals surface area contributed by atoms with Gasteiger partial charge in [0.05, 0.1) is 0 Å². The highest BCUT2D eigenvalue weighted by Crippen LogP contribution is 2.29. The van der Waals surface area contributed by atoms with Crippen molar-refractivity contribution in [2.75, 3.05) is 6.61 Å². The molecule has 14 heavy (non-hydrogen) atoms. The molecule has 1 nitrogen and oxygen atoms in total. The van der Waals surface area contributed by atoms with Crippen molar-refractivity contribution in [1.82, 2.24) is 0 Å². The maximum absolute atomic E-state index is 9.33. The van der Waals surface area contributed by atoms with Crippen molar-refractivity contribution in [2.24, 2.45) is 5.92 Å². The first-order valence-corrected chi connectivity index (χ1v) is 5.79. The second-order valence-corrected chi connectivity index (χ2v) is 4.88. The van der Waals surface area contributed by atoms with E-state index in [9.17, 15) is 5.11 Å². The molecule has 1 aromatic rings. The van der Waals surface area contributed by atoms with Gasteiger partial charge in [-0.15, -0.1) is 0 Å². The normalized spacial score (nSPS) is 13.2. The summed E-state index contributed by atoms with van der Waals surface area (Å²) in [6.45, 7) is 4.58. The van der Waals surface area contributed by atoms with Gasteiger partial charge in [-0.25, -0.2) is 0 Å². The van der Waals surface area contributed by atoms with Gasteiger partial charge in [0.2, 0.25) is 0 Å². The fourth-order valence-corrected chi connectivity index (χ4v) is 2.28. The zero-order valence-corrected chi connectivity index (χ0v) is 10.3. The van der Waals surface area contributed by atoms with Gasteiger partial charge >= 0.3 is 0 Å². The molecule has 0 bridgehead atoms. The van der Waals surface area contributed by atoms with Crippen LogP contribution in [0.5, 0.6) is 0 Å². The molecule has 1 N–H and O–H groups in total. The van der Waals surface area contributed by atoms with Crippen LogP contribution in [0.1, 0.15) is 31.7 Å². The molecule has 78 valence electrons. The maximum Gasteiger partial charge on any atom is 0.0500 e. The van der Waals surface area contributed by atoms with Gasteiger partial charge in [0.25, 0.3) is 0 Å². The Morgan fingerprint density at radius 3 is 2.43 bits per heavy atom. The zero-order chi connectivity index (χ0) is 10.6. The molecule has 1 aromatic carbocycles. The van der Waals surface area contributed by atoms with Gasteiger partial charge in [0, 0.05) is 17.0 Å². The third kappa shape index (κ3) is 3.10. The number of hydrogen-bond donors (Lipinski definition) is 1. The molecule has 0 radical (unpaired) electrons. The summed E-state index contributed by atoms with van der Waals surface area (Å²) < 4.78 is 1.10. The van der Waals surface area contributed by atoms with Gasteiger partial charge in [-0.1, -0.05) is 48.0 Å². The minimum Gasteiger partial charge on any atom is -0.396 e. The quantitative estimate of drug-likeness (QED) is 0.874. The van der Waals surface area contributed by atoms with Gasteiger partial charge < -0.3 is 5.11 Å². The molecule has 2 heteroatoms. The topological polar surface area (TPSA) is 20.2 Å². The molecule has 0 aliphatic rings. The first kappa shape index (κ1) is 11.7. The van der Waals surface area contributed by atoms with E-state index in [2.05, 4.69) is 35.8 Å². The average Bonchev–Trinajstić information content (AvgIpc) is 2.15. The van der Waals surface area contributed by atoms with E-state index in [0.717, 1.165) is 10.9 Å². The molecule has 0 aliphatic carbocycles. The molecule has 0 saturated carbocycles. The second-order valence-electron chi connectivity index (χ2n) is 4.03. The SMILES string of the molecule is CC(C)CC(CO)c1ccccc1Br. The molecule has 0 spiro atoms. The van der Waals surface area contributed by atoms with E-state index in [4.69, 9.17) is 0 Å². The second kappa shape index (κ2) is 5.52. The van der Waals surface area contributed by atoms with Crippen LogP contribution in [0.2, 0.25) is 0 Å². The smallest absolute Gasteiger partial charge is 0.0500 e. The van der Waals surface area contributed by atoms with Gasteiger partial charge in [0.1, 0.15) is 0 Å². The largest absolute Gasteiger partial charge is 0.396 e. The first-order chi connectivity index (χ1) is 6.65. The van der Waals surface area contributed by atoms with Crippen LogP contribution in [0.25, 0.3) is 0 Å². The van der Waals surface area contributed by atoms with E-state index in [-0.39, 0.29) is 12.5 Å². The predicted octanol–water partition coefficient (Wildman–Crippen LogP) is 3.57. The standard InChI is InChI=1S/C12H17BrO/c1-9(2)7-10(8-14)11-5-3-4-6-12(11)13/h3-6,9-10,14H,7-8H2,1-2H3. The van der Waals surface area contributed by atoms with Crippen molar-refractivity contribution in [2.45, 2.75) is 26.2 Å². The highest BCUT2D eigenvalue weighted by atomic mass is 79.9. The van der Waals surface area contributed by atoms with Crippen molar-refractivity contribution < 1.29 is 5.11 Å². The summed E-state index contributed by atoms with van der Waals surface area (Å²) in [5, 5.41) is 9.33. The van der Waals surface area contributed by atoms with Crippen LogP contribution >= 0.6 is 15.9 Å². The Morgan fingerprint density at radius 2 is 1.93 bits per heavy atom. The lowest BCUT2D eigenvalue weighted by atomic mass is 9.91. The number of rotatable bonds is 4. The van der Waals surface area contributed by atoms with Crippen molar-refractivity contribution in [3.05, 3.63) is 34.3 Å². The van der Waals surface area contributed by atoms with E-state index in [1.165, 1.54) is 5.56 Å². The van der Waals surface area contributed by atoms with E-state index >= 15 is 0 Å². The third-order valence-corrected chi connectivity index (χ3v) is 3.04. The molecule has 0 aliphatic heterocycles. The predicted molar refractivity (Wildman–Crippen MR) is 63.4 cm³/mol. The van der Waals surface area contributed by atoms with E-state index in [1.807, 2.05) is 18.2 Å². The van der Waals surface area contributed by atoms with Crippen LogP contribution in [0.3, 0.4) is 0 Å².